The minimum atomic E-state index is -4.43. The number of ketones is 1. The van der Waals surface area contributed by atoms with Gasteiger partial charge in [0, 0.05) is 25.1 Å². The van der Waals surface area contributed by atoms with E-state index in [1.165, 1.54) is 25.1 Å². The number of amides is 1. The van der Waals surface area contributed by atoms with E-state index in [1.54, 1.807) is 24.3 Å². The standard InChI is InChI=1S/C22H20F3NO4/c1-15(27)26-13-12-17-2-7-18(8-3-17)20(28)14-30-21(29)11-6-16-4-9-19(10-5-16)22(23,24)25/h2-11H,12-14H2,1H3,(H,26,27)/b11-6+. The minimum absolute atomic E-state index is 0.115. The zero-order chi connectivity index (χ0) is 22.1. The molecule has 0 saturated heterocycles. The Morgan fingerprint density at radius 2 is 1.63 bits per heavy atom. The van der Waals surface area contributed by atoms with Gasteiger partial charge in [-0.1, -0.05) is 36.4 Å². The molecule has 5 nitrogen and oxygen atoms in total. The van der Waals surface area contributed by atoms with E-state index in [2.05, 4.69) is 5.32 Å². The number of ether oxygens (including phenoxy) is 1. The highest BCUT2D eigenvalue weighted by molar-refractivity contribution is 5.98. The maximum Gasteiger partial charge on any atom is 0.416 e. The van der Waals surface area contributed by atoms with E-state index in [4.69, 9.17) is 4.74 Å². The molecule has 1 amide bonds. The van der Waals surface area contributed by atoms with Crippen LogP contribution in [0.2, 0.25) is 0 Å². The van der Waals surface area contributed by atoms with Gasteiger partial charge in [-0.05, 0) is 35.8 Å². The van der Waals surface area contributed by atoms with Crippen LogP contribution in [0.1, 0.15) is 34.0 Å². The monoisotopic (exact) mass is 419 g/mol. The van der Waals surface area contributed by atoms with Crippen LogP contribution in [0.4, 0.5) is 13.2 Å². The number of carbonyl (C=O) groups is 3. The van der Waals surface area contributed by atoms with Crippen molar-refractivity contribution in [2.24, 2.45) is 0 Å². The van der Waals surface area contributed by atoms with Gasteiger partial charge in [-0.15, -0.1) is 0 Å². The fourth-order valence-electron chi connectivity index (χ4n) is 2.46. The topological polar surface area (TPSA) is 72.5 Å². The molecule has 2 aromatic rings. The van der Waals surface area contributed by atoms with Crippen LogP contribution >= 0.6 is 0 Å². The largest absolute Gasteiger partial charge is 0.454 e. The van der Waals surface area contributed by atoms with Gasteiger partial charge in [0.1, 0.15) is 0 Å². The molecule has 0 spiro atoms. The predicted octanol–water partition coefficient (Wildman–Crippen LogP) is 3.82. The molecule has 158 valence electrons. The first-order chi connectivity index (χ1) is 14.1. The molecule has 0 radical (unpaired) electrons. The summed E-state index contributed by atoms with van der Waals surface area (Å²) in [5, 5.41) is 2.68. The first-order valence-electron chi connectivity index (χ1n) is 9.04. The number of alkyl halides is 3. The molecule has 0 aromatic heterocycles. The first-order valence-corrected chi connectivity index (χ1v) is 9.04. The van der Waals surface area contributed by atoms with Crippen LogP contribution in [0.15, 0.2) is 54.6 Å². The molecule has 0 aliphatic carbocycles. The Kier molecular flexibility index (Phi) is 7.91. The van der Waals surface area contributed by atoms with Crippen molar-refractivity contribution in [3.05, 3.63) is 76.9 Å². The van der Waals surface area contributed by atoms with Crippen LogP contribution in [0, 0.1) is 0 Å². The summed E-state index contributed by atoms with van der Waals surface area (Å²) in [7, 11) is 0. The highest BCUT2D eigenvalue weighted by atomic mass is 19.4. The highest BCUT2D eigenvalue weighted by Crippen LogP contribution is 2.29. The summed E-state index contributed by atoms with van der Waals surface area (Å²) >= 11 is 0. The van der Waals surface area contributed by atoms with Crippen molar-refractivity contribution in [1.82, 2.24) is 5.32 Å². The second kappa shape index (κ2) is 10.4. The maximum absolute atomic E-state index is 12.5. The molecule has 0 aliphatic rings. The molecule has 2 rings (SSSR count). The lowest BCUT2D eigenvalue weighted by molar-refractivity contribution is -0.138. The van der Waals surface area contributed by atoms with E-state index in [9.17, 15) is 27.6 Å². The number of rotatable bonds is 8. The number of halogens is 3. The third-order valence-corrected chi connectivity index (χ3v) is 4.06. The van der Waals surface area contributed by atoms with E-state index in [0.29, 0.717) is 24.1 Å². The molecule has 8 heteroatoms. The van der Waals surface area contributed by atoms with Crippen LogP contribution in [0.5, 0.6) is 0 Å². The van der Waals surface area contributed by atoms with Crippen LogP contribution in [0.3, 0.4) is 0 Å². The molecular formula is C22H20F3NO4. The molecule has 0 atom stereocenters. The maximum atomic E-state index is 12.5. The quantitative estimate of drug-likeness (QED) is 0.401. The Morgan fingerprint density at radius 1 is 1.00 bits per heavy atom. The van der Waals surface area contributed by atoms with Crippen molar-refractivity contribution in [3.8, 4) is 0 Å². The van der Waals surface area contributed by atoms with Crippen molar-refractivity contribution in [1.29, 1.82) is 0 Å². The fraction of sp³-hybridized carbons (Fsp3) is 0.227. The van der Waals surface area contributed by atoms with E-state index in [1.807, 2.05) is 0 Å². The Morgan fingerprint density at radius 3 is 2.20 bits per heavy atom. The molecule has 0 aliphatic heterocycles. The summed E-state index contributed by atoms with van der Waals surface area (Å²) in [6.07, 6.45) is -1.46. The Labute approximate surface area is 171 Å². The molecule has 1 N–H and O–H groups in total. The van der Waals surface area contributed by atoms with E-state index in [0.717, 1.165) is 23.8 Å². The summed E-state index contributed by atoms with van der Waals surface area (Å²) in [6, 6.07) is 11.0. The third-order valence-electron chi connectivity index (χ3n) is 4.06. The van der Waals surface area contributed by atoms with Gasteiger partial charge in [0.2, 0.25) is 5.91 Å². The van der Waals surface area contributed by atoms with Crippen LogP contribution in [0.25, 0.3) is 6.08 Å². The van der Waals surface area contributed by atoms with Gasteiger partial charge in [-0.3, -0.25) is 9.59 Å². The first kappa shape index (κ1) is 22.9. The van der Waals surface area contributed by atoms with Crippen molar-refractivity contribution >= 4 is 23.7 Å². The van der Waals surface area contributed by atoms with Crippen LogP contribution in [-0.4, -0.2) is 30.8 Å². The normalized spacial score (nSPS) is 11.3. The smallest absolute Gasteiger partial charge is 0.416 e. The SMILES string of the molecule is CC(=O)NCCc1ccc(C(=O)COC(=O)/C=C/c2ccc(C(F)(F)F)cc2)cc1. The Hall–Kier alpha value is -3.42. The van der Waals surface area contributed by atoms with E-state index >= 15 is 0 Å². The zero-order valence-electron chi connectivity index (χ0n) is 16.2. The molecule has 0 saturated carbocycles. The van der Waals surface area contributed by atoms with Gasteiger partial charge in [-0.2, -0.15) is 13.2 Å². The summed E-state index contributed by atoms with van der Waals surface area (Å²) in [6.45, 7) is 1.47. The third kappa shape index (κ3) is 7.54. The summed E-state index contributed by atoms with van der Waals surface area (Å²) in [5.74, 6) is -1.29. The van der Waals surface area contributed by atoms with Gasteiger partial charge in [0.25, 0.3) is 0 Å². The van der Waals surface area contributed by atoms with Crippen molar-refractivity contribution in [2.45, 2.75) is 19.5 Å². The second-order valence-corrected chi connectivity index (χ2v) is 6.41. The average Bonchev–Trinajstić information content (AvgIpc) is 2.70. The number of carbonyl (C=O) groups excluding carboxylic acids is 3. The van der Waals surface area contributed by atoms with Gasteiger partial charge in [-0.25, -0.2) is 4.79 Å². The van der Waals surface area contributed by atoms with E-state index < -0.39 is 24.3 Å². The zero-order valence-corrected chi connectivity index (χ0v) is 16.2. The number of Topliss-reactive ketones (excluding diaryl/α,β-unsaturated/α-hetero) is 1. The molecule has 0 bridgehead atoms. The Bertz CT molecular complexity index is 917. The van der Waals surface area contributed by atoms with Crippen molar-refractivity contribution in [2.75, 3.05) is 13.2 Å². The minimum Gasteiger partial charge on any atom is -0.454 e. The molecule has 0 unspecified atom stereocenters. The lowest BCUT2D eigenvalue weighted by Crippen LogP contribution is -2.22. The predicted molar refractivity (Wildman–Crippen MR) is 105 cm³/mol. The summed E-state index contributed by atoms with van der Waals surface area (Å²) in [5.41, 5.74) is 0.921. The number of hydrogen-bond acceptors (Lipinski definition) is 4. The molecule has 30 heavy (non-hydrogen) atoms. The van der Waals surface area contributed by atoms with E-state index in [-0.39, 0.29) is 11.7 Å². The number of esters is 1. The van der Waals surface area contributed by atoms with Crippen LogP contribution < -0.4 is 5.32 Å². The molecule has 0 fully saturated rings. The Balaban J connectivity index is 1.81. The average molecular weight is 419 g/mol. The van der Waals surface area contributed by atoms with Crippen LogP contribution in [-0.2, 0) is 26.9 Å². The van der Waals surface area contributed by atoms with Gasteiger partial charge >= 0.3 is 12.1 Å². The second-order valence-electron chi connectivity index (χ2n) is 6.41. The lowest BCUT2D eigenvalue weighted by atomic mass is 10.1. The summed E-state index contributed by atoms with van der Waals surface area (Å²) in [4.78, 5) is 34.7. The molecule has 2 aromatic carbocycles. The number of hydrogen-bond donors (Lipinski definition) is 1. The lowest BCUT2D eigenvalue weighted by Gasteiger charge is -2.06. The van der Waals surface area contributed by atoms with Gasteiger partial charge < -0.3 is 10.1 Å². The summed E-state index contributed by atoms with van der Waals surface area (Å²) < 4.78 is 42.4. The number of nitrogens with one attached hydrogen (secondary N) is 1. The fourth-order valence-corrected chi connectivity index (χ4v) is 2.46. The molecular weight excluding hydrogens is 399 g/mol. The number of benzene rings is 2. The molecule has 0 heterocycles. The highest BCUT2D eigenvalue weighted by Gasteiger charge is 2.29. The van der Waals surface area contributed by atoms with Gasteiger partial charge in [0.05, 0.1) is 5.56 Å². The van der Waals surface area contributed by atoms with Crippen molar-refractivity contribution in [3.63, 3.8) is 0 Å². The van der Waals surface area contributed by atoms with Crippen molar-refractivity contribution < 1.29 is 32.3 Å². The van der Waals surface area contributed by atoms with Gasteiger partial charge in [0.15, 0.2) is 12.4 Å².